The molecule has 0 spiro atoms. The maximum atomic E-state index is 12.6. The van der Waals surface area contributed by atoms with Crippen molar-refractivity contribution in [2.75, 3.05) is 18.4 Å². The fraction of sp³-hybridized carbons (Fsp3) is 0.650. The predicted molar refractivity (Wildman–Crippen MR) is 107 cm³/mol. The van der Waals surface area contributed by atoms with E-state index in [9.17, 15) is 13.2 Å². The second-order valence-corrected chi connectivity index (χ2v) is 9.82. The highest BCUT2D eigenvalue weighted by atomic mass is 32.2. The third-order valence-corrected chi connectivity index (χ3v) is 7.71. The molecule has 0 radical (unpaired) electrons. The van der Waals surface area contributed by atoms with Crippen LogP contribution in [0.1, 0.15) is 52.4 Å². The summed E-state index contributed by atoms with van der Waals surface area (Å²) in [5, 5.41) is 6.33. The number of anilines is 1. The van der Waals surface area contributed by atoms with Crippen LogP contribution in [0, 0.1) is 5.92 Å². The molecule has 1 saturated carbocycles. The first-order valence-electron chi connectivity index (χ1n) is 10.0. The molecule has 1 saturated heterocycles. The first-order chi connectivity index (χ1) is 12.9. The molecule has 6 nitrogen and oxygen atoms in total. The van der Waals surface area contributed by atoms with Gasteiger partial charge < -0.3 is 10.6 Å². The molecule has 0 unspecified atom stereocenters. The first kappa shape index (κ1) is 20.3. The number of nitrogens with one attached hydrogen (secondary N) is 2. The average molecular weight is 394 g/mol. The summed E-state index contributed by atoms with van der Waals surface area (Å²) in [5.74, 6) is 0.493. The maximum Gasteiger partial charge on any atom is 0.243 e. The van der Waals surface area contributed by atoms with Gasteiger partial charge in [0, 0.05) is 24.8 Å². The van der Waals surface area contributed by atoms with E-state index in [1.165, 1.54) is 23.6 Å². The molecule has 1 aromatic rings. The molecule has 2 aliphatic rings. The lowest BCUT2D eigenvalue weighted by atomic mass is 9.85. The van der Waals surface area contributed by atoms with Gasteiger partial charge in [0.2, 0.25) is 15.9 Å². The van der Waals surface area contributed by atoms with Crippen LogP contribution in [0.4, 0.5) is 5.69 Å². The van der Waals surface area contributed by atoms with Gasteiger partial charge in [0.15, 0.2) is 0 Å². The lowest BCUT2D eigenvalue weighted by molar-refractivity contribution is -0.118. The van der Waals surface area contributed by atoms with Gasteiger partial charge in [-0.05, 0) is 62.8 Å². The topological polar surface area (TPSA) is 78.5 Å². The van der Waals surface area contributed by atoms with E-state index >= 15 is 0 Å². The van der Waals surface area contributed by atoms with Gasteiger partial charge in [-0.2, -0.15) is 4.31 Å². The van der Waals surface area contributed by atoms with Gasteiger partial charge >= 0.3 is 0 Å². The number of carbonyl (C=O) groups is 1. The highest BCUT2D eigenvalue weighted by molar-refractivity contribution is 7.89. The van der Waals surface area contributed by atoms with Crippen molar-refractivity contribution in [3.05, 3.63) is 24.3 Å². The van der Waals surface area contributed by atoms with E-state index in [1.54, 1.807) is 24.3 Å². The number of sulfonamides is 1. The molecule has 150 valence electrons. The van der Waals surface area contributed by atoms with Crippen molar-refractivity contribution in [2.45, 2.75) is 69.4 Å². The van der Waals surface area contributed by atoms with E-state index in [0.717, 1.165) is 19.3 Å². The van der Waals surface area contributed by atoms with Crippen molar-refractivity contribution >= 4 is 21.6 Å². The van der Waals surface area contributed by atoms with E-state index in [1.807, 2.05) is 6.92 Å². The quantitative estimate of drug-likeness (QED) is 0.779. The van der Waals surface area contributed by atoms with Gasteiger partial charge in [-0.15, -0.1) is 0 Å². The van der Waals surface area contributed by atoms with Crippen LogP contribution in [0.15, 0.2) is 29.2 Å². The minimum Gasteiger partial charge on any atom is -0.325 e. The van der Waals surface area contributed by atoms with Crippen LogP contribution in [0.5, 0.6) is 0 Å². The van der Waals surface area contributed by atoms with Gasteiger partial charge in [0.25, 0.3) is 0 Å². The molecule has 1 aromatic carbocycles. The van der Waals surface area contributed by atoms with Crippen LogP contribution >= 0.6 is 0 Å². The fourth-order valence-corrected chi connectivity index (χ4v) is 5.52. The maximum absolute atomic E-state index is 12.6. The minimum atomic E-state index is -3.42. The summed E-state index contributed by atoms with van der Waals surface area (Å²) in [7, 11) is -3.42. The van der Waals surface area contributed by atoms with Gasteiger partial charge in [-0.25, -0.2) is 8.42 Å². The van der Waals surface area contributed by atoms with E-state index < -0.39 is 10.0 Å². The van der Waals surface area contributed by atoms with Gasteiger partial charge in [0.05, 0.1) is 10.9 Å². The van der Waals surface area contributed by atoms with Gasteiger partial charge in [0.1, 0.15) is 0 Å². The van der Waals surface area contributed by atoms with Crippen molar-refractivity contribution < 1.29 is 13.2 Å². The number of hydrogen-bond acceptors (Lipinski definition) is 4. The van der Waals surface area contributed by atoms with Gasteiger partial charge in [-0.3, -0.25) is 4.79 Å². The largest absolute Gasteiger partial charge is 0.325 e. The monoisotopic (exact) mass is 393 g/mol. The summed E-state index contributed by atoms with van der Waals surface area (Å²) in [6.45, 7) is 5.29. The SMILES string of the molecule is C[C@H](N[C@@H]1CCCC[C@@H]1C)C(=O)Nc1ccc(S(=O)(=O)N2CCCC2)cc1. The van der Waals surface area contributed by atoms with Crippen LogP contribution in [0.2, 0.25) is 0 Å². The Morgan fingerprint density at radius 2 is 1.70 bits per heavy atom. The number of nitrogens with zero attached hydrogens (tertiary/aromatic N) is 1. The van der Waals surface area contributed by atoms with E-state index in [-0.39, 0.29) is 16.8 Å². The van der Waals surface area contributed by atoms with Crippen LogP contribution in [0.3, 0.4) is 0 Å². The number of benzene rings is 1. The zero-order chi connectivity index (χ0) is 19.4. The summed E-state index contributed by atoms with van der Waals surface area (Å²) in [4.78, 5) is 12.8. The van der Waals surface area contributed by atoms with E-state index in [0.29, 0.717) is 30.7 Å². The zero-order valence-corrected chi connectivity index (χ0v) is 17.1. The van der Waals surface area contributed by atoms with Crippen molar-refractivity contribution in [3.63, 3.8) is 0 Å². The van der Waals surface area contributed by atoms with Crippen LogP contribution in [0.25, 0.3) is 0 Å². The van der Waals surface area contributed by atoms with Crippen molar-refractivity contribution in [2.24, 2.45) is 5.92 Å². The molecule has 0 aromatic heterocycles. The van der Waals surface area contributed by atoms with Crippen molar-refractivity contribution in [1.29, 1.82) is 0 Å². The Balaban J connectivity index is 1.58. The molecule has 1 heterocycles. The number of amides is 1. The van der Waals surface area contributed by atoms with E-state index in [4.69, 9.17) is 0 Å². The molecule has 7 heteroatoms. The molecule has 3 atom stereocenters. The Morgan fingerprint density at radius 1 is 1.07 bits per heavy atom. The summed E-state index contributed by atoms with van der Waals surface area (Å²) in [5.41, 5.74) is 0.616. The molecular weight excluding hydrogens is 362 g/mol. The van der Waals surface area contributed by atoms with Crippen molar-refractivity contribution in [1.82, 2.24) is 9.62 Å². The molecule has 2 N–H and O–H groups in total. The third-order valence-electron chi connectivity index (χ3n) is 5.79. The Bertz CT molecular complexity index is 742. The van der Waals surface area contributed by atoms with Crippen LogP contribution in [-0.4, -0.2) is 43.8 Å². The summed E-state index contributed by atoms with van der Waals surface area (Å²) in [6.07, 6.45) is 6.63. The molecule has 1 aliphatic carbocycles. The lowest BCUT2D eigenvalue weighted by Crippen LogP contribution is -2.47. The third kappa shape index (κ3) is 4.89. The zero-order valence-electron chi connectivity index (χ0n) is 16.3. The summed E-state index contributed by atoms with van der Waals surface area (Å²) >= 11 is 0. The number of rotatable bonds is 6. The lowest BCUT2D eigenvalue weighted by Gasteiger charge is -2.31. The summed E-state index contributed by atoms with van der Waals surface area (Å²) in [6, 6.07) is 6.57. The molecule has 2 fully saturated rings. The Kier molecular flexibility index (Phi) is 6.55. The summed E-state index contributed by atoms with van der Waals surface area (Å²) < 4.78 is 26.6. The number of carbonyl (C=O) groups excluding carboxylic acids is 1. The highest BCUT2D eigenvalue weighted by Crippen LogP contribution is 2.25. The van der Waals surface area contributed by atoms with Gasteiger partial charge in [-0.1, -0.05) is 19.8 Å². The Hall–Kier alpha value is -1.44. The minimum absolute atomic E-state index is 0.0945. The molecular formula is C20H31N3O3S. The van der Waals surface area contributed by atoms with Crippen molar-refractivity contribution in [3.8, 4) is 0 Å². The van der Waals surface area contributed by atoms with Crippen LogP contribution < -0.4 is 10.6 Å². The molecule has 1 amide bonds. The highest BCUT2D eigenvalue weighted by Gasteiger charge is 2.27. The van der Waals surface area contributed by atoms with Crippen LogP contribution in [-0.2, 0) is 14.8 Å². The number of hydrogen-bond donors (Lipinski definition) is 2. The smallest absolute Gasteiger partial charge is 0.243 e. The second-order valence-electron chi connectivity index (χ2n) is 7.88. The predicted octanol–water partition coefficient (Wildman–Crippen LogP) is 2.97. The molecule has 1 aliphatic heterocycles. The van der Waals surface area contributed by atoms with E-state index in [2.05, 4.69) is 17.6 Å². The Labute approximate surface area is 162 Å². The average Bonchev–Trinajstić information content (AvgIpc) is 3.19. The fourth-order valence-electron chi connectivity index (χ4n) is 4.00. The molecule has 3 rings (SSSR count). The normalized spacial score (nSPS) is 25.3. The standard InChI is InChI=1S/C20H31N3O3S/c1-15-7-3-4-8-19(15)21-16(2)20(24)22-17-9-11-18(12-10-17)27(25,26)23-13-5-6-14-23/h9-12,15-16,19,21H,3-8,13-14H2,1-2H3,(H,22,24)/t15-,16-,19+/m0/s1. The second kappa shape index (κ2) is 8.71. The molecule has 0 bridgehead atoms. The molecule has 27 heavy (non-hydrogen) atoms. The Morgan fingerprint density at radius 3 is 2.33 bits per heavy atom. The first-order valence-corrected chi connectivity index (χ1v) is 11.5.